The van der Waals surface area contributed by atoms with E-state index in [1.54, 1.807) is 0 Å². The molecule has 1 heterocycles. The van der Waals surface area contributed by atoms with Crippen LogP contribution in [0.4, 0.5) is 0 Å². The maximum Gasteiger partial charge on any atom is 0.312 e. The number of quaternary nitrogens is 1. The molecule has 33 heavy (non-hydrogen) atoms. The Labute approximate surface area is 200 Å². The van der Waals surface area contributed by atoms with Crippen molar-refractivity contribution < 1.29 is 23.9 Å². The summed E-state index contributed by atoms with van der Waals surface area (Å²) in [6, 6.07) is 7.01. The van der Waals surface area contributed by atoms with Crippen LogP contribution in [0.1, 0.15) is 76.0 Å². The molecule has 0 aromatic heterocycles. The van der Waals surface area contributed by atoms with Gasteiger partial charge in [-0.05, 0) is 66.5 Å². The molecule has 184 valence electrons. The zero-order valence-electron chi connectivity index (χ0n) is 21.5. The van der Waals surface area contributed by atoms with Gasteiger partial charge in [0.1, 0.15) is 31.9 Å². The molecular formula is C28H44NO4+. The van der Waals surface area contributed by atoms with E-state index in [-0.39, 0.29) is 23.9 Å². The third-order valence-corrected chi connectivity index (χ3v) is 8.72. The van der Waals surface area contributed by atoms with Gasteiger partial charge in [-0.3, -0.25) is 4.79 Å². The third-order valence-electron chi connectivity index (χ3n) is 8.72. The van der Waals surface area contributed by atoms with Crippen molar-refractivity contribution >= 4 is 5.97 Å². The summed E-state index contributed by atoms with van der Waals surface area (Å²) in [6.45, 7) is 11.3. The zero-order valence-corrected chi connectivity index (χ0v) is 21.5. The molecule has 2 unspecified atom stereocenters. The van der Waals surface area contributed by atoms with Crippen molar-refractivity contribution in [1.82, 2.24) is 0 Å². The van der Waals surface area contributed by atoms with Crippen LogP contribution in [0.3, 0.4) is 0 Å². The predicted molar refractivity (Wildman–Crippen MR) is 130 cm³/mol. The van der Waals surface area contributed by atoms with E-state index in [9.17, 15) is 9.90 Å². The van der Waals surface area contributed by atoms with E-state index in [1.165, 1.54) is 16.7 Å². The van der Waals surface area contributed by atoms with Gasteiger partial charge in [0.25, 0.3) is 0 Å². The van der Waals surface area contributed by atoms with Crippen LogP contribution >= 0.6 is 0 Å². The molecule has 0 bridgehead atoms. The van der Waals surface area contributed by atoms with Gasteiger partial charge in [0, 0.05) is 0 Å². The number of esters is 1. The van der Waals surface area contributed by atoms with Crippen LogP contribution in [0.25, 0.3) is 0 Å². The second-order valence-corrected chi connectivity index (χ2v) is 12.4. The van der Waals surface area contributed by atoms with Crippen LogP contribution < -0.4 is 0 Å². The number of rotatable bonds is 8. The Morgan fingerprint density at radius 1 is 1.27 bits per heavy atom. The largest absolute Gasteiger partial charge is 0.462 e. The van der Waals surface area contributed by atoms with E-state index in [4.69, 9.17) is 9.47 Å². The SMILES string of the molecule is CC(C)c1ccc2c(c1)CC[C@H]1[C@](C)(C(=O)OCC(O)C[N+](C)(C)CC3CO3)CCC[C@]21C. The molecule has 0 radical (unpaired) electrons. The molecule has 1 aromatic carbocycles. The molecule has 2 fully saturated rings. The topological polar surface area (TPSA) is 59.1 Å². The smallest absolute Gasteiger partial charge is 0.312 e. The summed E-state index contributed by atoms with van der Waals surface area (Å²) in [7, 11) is 4.18. The summed E-state index contributed by atoms with van der Waals surface area (Å²) >= 11 is 0. The quantitative estimate of drug-likeness (QED) is 0.360. The number of aliphatic hydroxyl groups excluding tert-OH is 1. The lowest BCUT2D eigenvalue weighted by Gasteiger charge is -2.54. The predicted octanol–water partition coefficient (Wildman–Crippen LogP) is 4.20. The number of likely N-dealkylation sites (N-methyl/N-ethyl adjacent to an activating group) is 1. The fourth-order valence-corrected chi connectivity index (χ4v) is 6.87. The van der Waals surface area contributed by atoms with E-state index in [1.807, 2.05) is 0 Å². The van der Waals surface area contributed by atoms with E-state index in [0.29, 0.717) is 23.0 Å². The lowest BCUT2D eigenvalue weighted by molar-refractivity contribution is -0.893. The normalized spacial score (nSPS) is 32.1. The lowest BCUT2D eigenvalue weighted by Crippen LogP contribution is -2.53. The average Bonchev–Trinajstić information content (AvgIpc) is 3.54. The highest BCUT2D eigenvalue weighted by atomic mass is 16.6. The number of ether oxygens (including phenoxy) is 2. The van der Waals surface area contributed by atoms with Gasteiger partial charge in [-0.25, -0.2) is 0 Å². The standard InChI is InChI=1S/C28H44NO4/c1-19(2)20-8-10-24-21(14-20)9-11-25-27(24,3)12-7-13-28(25,4)26(31)33-17-22(30)15-29(5,6)16-23-18-32-23/h8,10,14,19,22-23,25,30H,7,9,11-13,15-18H2,1-6H3/q+1/t22?,23?,25-,27-,28-/m1/s1. The van der Waals surface area contributed by atoms with Gasteiger partial charge in [0.15, 0.2) is 0 Å². The zero-order chi connectivity index (χ0) is 24.0. The van der Waals surface area contributed by atoms with Crippen molar-refractivity contribution in [2.45, 2.75) is 83.3 Å². The Kier molecular flexibility index (Phi) is 6.71. The number of aliphatic hydroxyl groups is 1. The molecule has 5 atom stereocenters. The highest BCUT2D eigenvalue weighted by Gasteiger charge is 2.55. The summed E-state index contributed by atoms with van der Waals surface area (Å²) in [5.74, 6) is 0.662. The highest BCUT2D eigenvalue weighted by Crippen LogP contribution is 2.57. The Morgan fingerprint density at radius 2 is 2.00 bits per heavy atom. The highest BCUT2D eigenvalue weighted by molar-refractivity contribution is 5.77. The summed E-state index contributed by atoms with van der Waals surface area (Å²) in [5.41, 5.74) is 3.79. The van der Waals surface area contributed by atoms with E-state index < -0.39 is 11.5 Å². The van der Waals surface area contributed by atoms with E-state index in [2.05, 4.69) is 60.0 Å². The van der Waals surface area contributed by atoms with Gasteiger partial charge >= 0.3 is 5.97 Å². The third kappa shape index (κ3) is 5.01. The number of hydrogen-bond acceptors (Lipinski definition) is 4. The number of epoxide rings is 1. The van der Waals surface area contributed by atoms with Crippen LogP contribution in [0, 0.1) is 11.3 Å². The van der Waals surface area contributed by atoms with Gasteiger partial charge in [0.05, 0.1) is 26.1 Å². The van der Waals surface area contributed by atoms with Crippen LogP contribution in [0.2, 0.25) is 0 Å². The lowest BCUT2D eigenvalue weighted by atomic mass is 9.49. The number of nitrogens with zero attached hydrogens (tertiary/aromatic N) is 1. The molecule has 1 saturated heterocycles. The Bertz CT molecular complexity index is 877. The minimum Gasteiger partial charge on any atom is -0.462 e. The minimum absolute atomic E-state index is 0.00310. The van der Waals surface area contributed by atoms with Crippen LogP contribution in [-0.2, 0) is 26.1 Å². The first-order chi connectivity index (χ1) is 15.4. The number of benzene rings is 1. The maximum absolute atomic E-state index is 13.5. The van der Waals surface area contributed by atoms with Crippen LogP contribution in [0.15, 0.2) is 18.2 Å². The first-order valence-corrected chi connectivity index (χ1v) is 12.9. The Hall–Kier alpha value is -1.43. The molecule has 1 aromatic rings. The summed E-state index contributed by atoms with van der Waals surface area (Å²) in [4.78, 5) is 13.5. The molecule has 0 amide bonds. The van der Waals surface area contributed by atoms with Crippen molar-refractivity contribution in [2.75, 3.05) is 40.4 Å². The molecule has 2 aliphatic carbocycles. The van der Waals surface area contributed by atoms with Gasteiger partial charge in [-0.15, -0.1) is 0 Å². The minimum atomic E-state index is -0.664. The van der Waals surface area contributed by atoms with Crippen molar-refractivity contribution in [2.24, 2.45) is 11.3 Å². The van der Waals surface area contributed by atoms with Gasteiger partial charge in [-0.2, -0.15) is 0 Å². The number of aryl methyl sites for hydroxylation is 1. The summed E-state index contributed by atoms with van der Waals surface area (Å²) in [6.07, 6.45) is 4.69. The van der Waals surface area contributed by atoms with Crippen molar-refractivity contribution in [3.05, 3.63) is 34.9 Å². The number of fused-ring (bicyclic) bond motifs is 3. The molecule has 5 nitrogen and oxygen atoms in total. The van der Waals surface area contributed by atoms with E-state index >= 15 is 0 Å². The first kappa shape index (κ1) is 24.7. The Balaban J connectivity index is 1.45. The molecule has 1 saturated carbocycles. The second-order valence-electron chi connectivity index (χ2n) is 12.4. The number of carbonyl (C=O) groups excluding carboxylic acids is 1. The fourth-order valence-electron chi connectivity index (χ4n) is 6.87. The maximum atomic E-state index is 13.5. The first-order valence-electron chi connectivity index (χ1n) is 12.9. The van der Waals surface area contributed by atoms with Crippen molar-refractivity contribution in [3.8, 4) is 0 Å². The van der Waals surface area contributed by atoms with Crippen molar-refractivity contribution in [3.63, 3.8) is 0 Å². The number of hydrogen-bond donors (Lipinski definition) is 1. The number of carbonyl (C=O) groups is 1. The van der Waals surface area contributed by atoms with Gasteiger partial charge in [0.2, 0.25) is 0 Å². The van der Waals surface area contributed by atoms with Crippen LogP contribution in [-0.4, -0.2) is 68.2 Å². The molecule has 0 spiro atoms. The van der Waals surface area contributed by atoms with Gasteiger partial charge < -0.3 is 19.1 Å². The monoisotopic (exact) mass is 458 g/mol. The summed E-state index contributed by atoms with van der Waals surface area (Å²) in [5, 5.41) is 10.6. The molecule has 4 rings (SSSR count). The summed E-state index contributed by atoms with van der Waals surface area (Å²) < 4.78 is 11.8. The van der Waals surface area contributed by atoms with Gasteiger partial charge in [-0.1, -0.05) is 45.4 Å². The van der Waals surface area contributed by atoms with Crippen molar-refractivity contribution in [1.29, 1.82) is 0 Å². The van der Waals surface area contributed by atoms with E-state index in [0.717, 1.165) is 45.3 Å². The molecule has 1 N–H and O–H groups in total. The second kappa shape index (κ2) is 8.98. The average molecular weight is 459 g/mol. The molecule has 1 aliphatic heterocycles. The molecule has 3 aliphatic rings. The molecular weight excluding hydrogens is 414 g/mol. The molecule has 5 heteroatoms. The fraction of sp³-hybridized carbons (Fsp3) is 0.750. The van der Waals surface area contributed by atoms with Crippen LogP contribution in [0.5, 0.6) is 0 Å². The Morgan fingerprint density at radius 3 is 2.67 bits per heavy atom.